The third-order valence-corrected chi connectivity index (χ3v) is 7.45. The lowest BCUT2D eigenvalue weighted by Crippen LogP contribution is -2.34. The van der Waals surface area contributed by atoms with Crippen LogP contribution in [-0.2, 0) is 6.54 Å². The minimum Gasteiger partial charge on any atom is -0.505 e. The minimum atomic E-state index is -0.374. The second-order valence-electron chi connectivity index (χ2n) is 9.31. The smallest absolute Gasteiger partial charge is 0.281 e. The lowest BCUT2D eigenvalue weighted by molar-refractivity contribution is 0.444. The number of aromatic nitrogens is 3. The van der Waals surface area contributed by atoms with Crippen molar-refractivity contribution in [3.8, 4) is 16.3 Å². The van der Waals surface area contributed by atoms with Gasteiger partial charge in [0.25, 0.3) is 5.56 Å². The van der Waals surface area contributed by atoms with Crippen molar-refractivity contribution in [1.82, 2.24) is 19.5 Å². The number of benzene rings is 1. The number of nitrogens with one attached hydrogen (secondary N) is 2. The van der Waals surface area contributed by atoms with E-state index >= 15 is 0 Å². The Kier molecular flexibility index (Phi) is 7.25. The first-order chi connectivity index (χ1) is 16.1. The number of hydrogen-bond acceptors (Lipinski definition) is 10. The number of aromatic hydroxyl groups is 1. The molecule has 1 aromatic carbocycles. The minimum absolute atomic E-state index is 0.0801. The molecule has 11 heteroatoms. The zero-order valence-electron chi connectivity index (χ0n) is 19.7. The highest BCUT2D eigenvalue weighted by Gasteiger charge is 2.26. The molecule has 0 aliphatic carbocycles. The van der Waals surface area contributed by atoms with Gasteiger partial charge in [0.2, 0.25) is 0 Å². The summed E-state index contributed by atoms with van der Waals surface area (Å²) in [6.45, 7) is 11.1. The molecule has 0 atom stereocenters. The largest absolute Gasteiger partial charge is 0.505 e. The van der Waals surface area contributed by atoms with Crippen molar-refractivity contribution in [2.45, 2.75) is 57.2 Å². The van der Waals surface area contributed by atoms with Crippen LogP contribution < -0.4 is 15.0 Å². The Hall–Kier alpha value is -2.50. The van der Waals surface area contributed by atoms with Crippen LogP contribution in [0.1, 0.15) is 46.6 Å². The molecule has 8 nitrogen and oxygen atoms in total. The number of thiazole rings is 1. The predicted octanol–water partition coefficient (Wildman–Crippen LogP) is 5.67. The van der Waals surface area contributed by atoms with Gasteiger partial charge in [0.05, 0.1) is 21.0 Å². The monoisotopic (exact) mass is 516 g/mol. The van der Waals surface area contributed by atoms with E-state index in [1.54, 1.807) is 23.7 Å². The van der Waals surface area contributed by atoms with Gasteiger partial charge < -0.3 is 14.6 Å². The fourth-order valence-corrected chi connectivity index (χ4v) is 5.04. The van der Waals surface area contributed by atoms with Gasteiger partial charge in [0.15, 0.2) is 11.6 Å². The van der Waals surface area contributed by atoms with E-state index in [0.29, 0.717) is 28.9 Å². The molecular formula is C23H28N6O2S3. The van der Waals surface area contributed by atoms with Crippen LogP contribution in [0.4, 0.5) is 11.4 Å². The highest BCUT2D eigenvalue weighted by molar-refractivity contribution is 8.01. The van der Waals surface area contributed by atoms with Crippen molar-refractivity contribution in [2.75, 3.05) is 4.72 Å². The average molecular weight is 517 g/mol. The maximum Gasteiger partial charge on any atom is 0.281 e. The third-order valence-electron chi connectivity index (χ3n) is 4.88. The number of aryl methyl sites for hydroxylation is 1. The van der Waals surface area contributed by atoms with Crippen LogP contribution in [-0.4, -0.2) is 30.5 Å². The molecule has 3 N–H and O–H groups in total. The van der Waals surface area contributed by atoms with E-state index in [2.05, 4.69) is 59.1 Å². The van der Waals surface area contributed by atoms with Crippen LogP contribution >= 0.6 is 35.2 Å². The highest BCUT2D eigenvalue weighted by Crippen LogP contribution is 2.38. The molecule has 1 aliphatic heterocycles. The molecule has 1 aliphatic rings. The summed E-state index contributed by atoms with van der Waals surface area (Å²) >= 11 is 4.37. The normalized spacial score (nSPS) is 13.4. The molecule has 2 aromatic heterocycles. The predicted molar refractivity (Wildman–Crippen MR) is 143 cm³/mol. The van der Waals surface area contributed by atoms with Gasteiger partial charge in [-0.1, -0.05) is 13.8 Å². The Bertz CT molecular complexity index is 1260. The summed E-state index contributed by atoms with van der Waals surface area (Å²) in [6, 6.07) is 5.89. The number of anilines is 1. The van der Waals surface area contributed by atoms with E-state index in [0.717, 1.165) is 22.7 Å². The Morgan fingerprint density at radius 2 is 2.09 bits per heavy atom. The number of aliphatic imine (C=N–C) groups is 1. The van der Waals surface area contributed by atoms with Crippen LogP contribution in [0.2, 0.25) is 0 Å². The summed E-state index contributed by atoms with van der Waals surface area (Å²) in [5.74, 6) is 0.533. The quantitative estimate of drug-likeness (QED) is 0.345. The molecule has 0 spiro atoms. The summed E-state index contributed by atoms with van der Waals surface area (Å²) in [5, 5.41) is 15.6. The molecule has 0 saturated heterocycles. The maximum absolute atomic E-state index is 13.4. The van der Waals surface area contributed by atoms with Crippen molar-refractivity contribution in [3.05, 3.63) is 45.8 Å². The van der Waals surface area contributed by atoms with Gasteiger partial charge in [-0.25, -0.2) is 9.67 Å². The fraction of sp³-hybridized carbons (Fsp3) is 0.391. The molecule has 0 unspecified atom stereocenters. The Labute approximate surface area is 211 Å². The molecule has 3 heterocycles. The zero-order chi connectivity index (χ0) is 24.5. The SMILES string of the molecule is CC(C)CCn1nc(-c2cncs2)c(O)c(C2=Nc3ccc(NSC(C)(C)C)cc3SN2)c1=O. The zero-order valence-corrected chi connectivity index (χ0v) is 22.2. The first kappa shape index (κ1) is 24.6. The van der Waals surface area contributed by atoms with Crippen molar-refractivity contribution in [1.29, 1.82) is 0 Å². The van der Waals surface area contributed by atoms with E-state index in [9.17, 15) is 9.90 Å². The highest BCUT2D eigenvalue weighted by atomic mass is 32.2. The number of amidine groups is 1. The van der Waals surface area contributed by atoms with Crippen LogP contribution in [0.15, 0.2) is 44.6 Å². The molecule has 0 radical (unpaired) electrons. The van der Waals surface area contributed by atoms with Gasteiger partial charge in [-0.2, -0.15) is 5.10 Å². The molecular weight excluding hydrogens is 488 g/mol. The second-order valence-corrected chi connectivity index (χ2v) is 12.7. The topological polar surface area (TPSA) is 104 Å². The number of nitrogens with zero attached hydrogens (tertiary/aromatic N) is 4. The summed E-state index contributed by atoms with van der Waals surface area (Å²) in [6.07, 6.45) is 2.43. The van der Waals surface area contributed by atoms with Crippen molar-refractivity contribution in [3.63, 3.8) is 0 Å². The lowest BCUT2D eigenvalue weighted by atomic mass is 10.1. The van der Waals surface area contributed by atoms with Gasteiger partial charge in [-0.3, -0.25) is 9.78 Å². The summed E-state index contributed by atoms with van der Waals surface area (Å²) in [4.78, 5) is 23.8. The molecule has 0 saturated carbocycles. The average Bonchev–Trinajstić information content (AvgIpc) is 3.31. The van der Waals surface area contributed by atoms with Gasteiger partial charge >= 0.3 is 0 Å². The molecule has 0 fully saturated rings. The van der Waals surface area contributed by atoms with Crippen molar-refractivity contribution in [2.24, 2.45) is 10.9 Å². The summed E-state index contributed by atoms with van der Waals surface area (Å²) < 4.78 is 8.03. The van der Waals surface area contributed by atoms with Gasteiger partial charge in [-0.15, -0.1) is 11.3 Å². The second kappa shape index (κ2) is 10.0. The third kappa shape index (κ3) is 5.59. The van der Waals surface area contributed by atoms with Gasteiger partial charge in [0, 0.05) is 23.2 Å². The lowest BCUT2D eigenvalue weighted by Gasteiger charge is -2.21. The molecule has 34 heavy (non-hydrogen) atoms. The summed E-state index contributed by atoms with van der Waals surface area (Å²) in [5.41, 5.74) is 3.45. The molecule has 3 aromatic rings. The standard InChI is InChI=1S/C23H28N6O2S3/c1-13(2)8-9-29-22(31)18(20(30)19(26-29)17-11-24-12-32-17)21-25-15-7-6-14(10-16(15)33-28-21)27-34-23(3,4)5/h6-7,10-13,27,30H,8-9H2,1-5H3,(H,25,28). The number of hydrogen-bond donors (Lipinski definition) is 3. The Balaban J connectivity index is 1.74. The number of fused-ring (bicyclic) bond motifs is 1. The molecule has 180 valence electrons. The Morgan fingerprint density at radius 3 is 2.76 bits per heavy atom. The van der Waals surface area contributed by atoms with Crippen LogP contribution in [0, 0.1) is 5.92 Å². The van der Waals surface area contributed by atoms with E-state index in [4.69, 9.17) is 0 Å². The maximum atomic E-state index is 13.4. The van der Waals surface area contributed by atoms with E-state index in [1.165, 1.54) is 28.0 Å². The van der Waals surface area contributed by atoms with Crippen molar-refractivity contribution >= 4 is 52.4 Å². The molecule has 0 bridgehead atoms. The fourth-order valence-electron chi connectivity index (χ4n) is 3.12. The van der Waals surface area contributed by atoms with E-state index in [-0.39, 0.29) is 21.6 Å². The van der Waals surface area contributed by atoms with Crippen molar-refractivity contribution < 1.29 is 5.11 Å². The van der Waals surface area contributed by atoms with Gasteiger partial charge in [-0.05, 0) is 75.2 Å². The molecule has 4 rings (SSSR count). The number of rotatable bonds is 7. The van der Waals surface area contributed by atoms with Crippen LogP contribution in [0.25, 0.3) is 10.6 Å². The van der Waals surface area contributed by atoms with Gasteiger partial charge in [0.1, 0.15) is 11.3 Å². The van der Waals surface area contributed by atoms with E-state index < -0.39 is 0 Å². The Morgan fingerprint density at radius 1 is 1.29 bits per heavy atom. The van der Waals surface area contributed by atoms with Crippen LogP contribution in [0.5, 0.6) is 5.75 Å². The molecule has 0 amide bonds. The summed E-state index contributed by atoms with van der Waals surface area (Å²) in [7, 11) is 0. The first-order valence-electron chi connectivity index (χ1n) is 11.0. The van der Waals surface area contributed by atoms with E-state index in [1.807, 2.05) is 18.2 Å². The van der Waals surface area contributed by atoms with Crippen LogP contribution in [0.3, 0.4) is 0 Å². The first-order valence-corrected chi connectivity index (χ1v) is 13.5.